The van der Waals surface area contributed by atoms with Crippen molar-refractivity contribution in [2.75, 3.05) is 13.2 Å². The Balaban J connectivity index is 4.15. The van der Waals surface area contributed by atoms with Crippen molar-refractivity contribution in [3.05, 3.63) is 85.1 Å². The molecule has 0 aromatic carbocycles. The van der Waals surface area contributed by atoms with Crippen LogP contribution in [-0.2, 0) is 28.6 Å². The van der Waals surface area contributed by atoms with E-state index in [4.69, 9.17) is 14.2 Å². The Kier molecular flexibility index (Phi) is 64.2. The number of carbonyl (C=O) groups excluding carboxylic acids is 3. The molecule has 0 fully saturated rings. The smallest absolute Gasteiger partial charge is 0.306 e. The quantitative estimate of drug-likeness (QED) is 0.0261. The van der Waals surface area contributed by atoms with E-state index in [-0.39, 0.29) is 31.1 Å². The number of ether oxygens (including phenoxy) is 3. The molecular weight excluding hydrogens is 973 g/mol. The summed E-state index contributed by atoms with van der Waals surface area (Å²) in [5.41, 5.74) is 0. The molecule has 79 heavy (non-hydrogen) atoms. The summed E-state index contributed by atoms with van der Waals surface area (Å²) in [5, 5.41) is 0. The fourth-order valence-corrected chi connectivity index (χ4v) is 9.80. The molecule has 0 bridgehead atoms. The predicted octanol–water partition coefficient (Wildman–Crippen LogP) is 23.4. The highest BCUT2D eigenvalue weighted by Gasteiger charge is 2.19. The highest BCUT2D eigenvalue weighted by atomic mass is 16.6. The number of unbranched alkanes of at least 4 members (excludes halogenated alkanes) is 37. The maximum absolute atomic E-state index is 12.9. The van der Waals surface area contributed by atoms with Crippen LogP contribution in [0.3, 0.4) is 0 Å². The Morgan fingerprint density at radius 1 is 0.266 bits per heavy atom. The van der Waals surface area contributed by atoms with Gasteiger partial charge >= 0.3 is 17.9 Å². The summed E-state index contributed by atoms with van der Waals surface area (Å²) >= 11 is 0. The van der Waals surface area contributed by atoms with Gasteiger partial charge in [-0.05, 0) is 96.3 Å². The van der Waals surface area contributed by atoms with Gasteiger partial charge < -0.3 is 14.2 Å². The SMILES string of the molecule is CC/C=C\C/C=C\C/C=C\C/C=C\C/C=C\CCCCCCCCCCCCCCCCCCCC(=O)OCC(COC(=O)CCCCCCCCCCCCCC)OC(=O)CCCCCCC/C=C\C/C=C\CCCCCC. The average molecular weight is 1100 g/mol. The summed E-state index contributed by atoms with van der Waals surface area (Å²) < 4.78 is 16.9. The summed E-state index contributed by atoms with van der Waals surface area (Å²) in [7, 11) is 0. The zero-order chi connectivity index (χ0) is 57.1. The van der Waals surface area contributed by atoms with Gasteiger partial charge in [0.2, 0.25) is 0 Å². The van der Waals surface area contributed by atoms with Crippen molar-refractivity contribution >= 4 is 17.9 Å². The van der Waals surface area contributed by atoms with Crippen LogP contribution in [-0.4, -0.2) is 37.2 Å². The summed E-state index contributed by atoms with van der Waals surface area (Å²) in [6.07, 6.45) is 89.0. The molecule has 0 saturated heterocycles. The summed E-state index contributed by atoms with van der Waals surface area (Å²) in [6, 6.07) is 0. The molecule has 0 heterocycles. The van der Waals surface area contributed by atoms with E-state index >= 15 is 0 Å². The van der Waals surface area contributed by atoms with Crippen LogP contribution in [0.5, 0.6) is 0 Å². The van der Waals surface area contributed by atoms with E-state index in [9.17, 15) is 14.4 Å². The molecule has 456 valence electrons. The van der Waals surface area contributed by atoms with Crippen molar-refractivity contribution in [1.82, 2.24) is 0 Å². The van der Waals surface area contributed by atoms with Crippen molar-refractivity contribution in [2.45, 2.75) is 348 Å². The molecule has 0 aliphatic rings. The zero-order valence-corrected chi connectivity index (χ0v) is 52.4. The maximum Gasteiger partial charge on any atom is 0.306 e. The minimum absolute atomic E-state index is 0.0767. The van der Waals surface area contributed by atoms with E-state index in [1.165, 1.54) is 186 Å². The Morgan fingerprint density at radius 3 is 0.785 bits per heavy atom. The topological polar surface area (TPSA) is 78.9 Å². The Labute approximate surface area is 490 Å². The third-order valence-electron chi connectivity index (χ3n) is 14.9. The van der Waals surface area contributed by atoms with Crippen LogP contribution >= 0.6 is 0 Å². The number of rotatable bonds is 62. The number of esters is 3. The minimum Gasteiger partial charge on any atom is -0.462 e. The molecule has 0 aliphatic heterocycles. The monoisotopic (exact) mass is 1100 g/mol. The van der Waals surface area contributed by atoms with Crippen molar-refractivity contribution in [2.24, 2.45) is 0 Å². The van der Waals surface area contributed by atoms with Crippen molar-refractivity contribution in [1.29, 1.82) is 0 Å². The van der Waals surface area contributed by atoms with Gasteiger partial charge in [0.25, 0.3) is 0 Å². The van der Waals surface area contributed by atoms with Gasteiger partial charge in [-0.2, -0.15) is 0 Å². The van der Waals surface area contributed by atoms with Crippen LogP contribution in [0, 0.1) is 0 Å². The van der Waals surface area contributed by atoms with Crippen LogP contribution < -0.4 is 0 Å². The highest BCUT2D eigenvalue weighted by Crippen LogP contribution is 2.17. The van der Waals surface area contributed by atoms with Crippen LogP contribution in [0.15, 0.2) is 85.1 Å². The maximum atomic E-state index is 12.9. The molecule has 0 N–H and O–H groups in total. The molecule has 1 unspecified atom stereocenters. The number of hydrogen-bond acceptors (Lipinski definition) is 6. The fourth-order valence-electron chi connectivity index (χ4n) is 9.80. The first-order chi connectivity index (χ1) is 39.0. The molecule has 0 amide bonds. The minimum atomic E-state index is -0.781. The normalized spacial score (nSPS) is 12.6. The first kappa shape index (κ1) is 75.6. The van der Waals surface area contributed by atoms with Gasteiger partial charge in [0.15, 0.2) is 6.10 Å². The van der Waals surface area contributed by atoms with E-state index in [1.807, 2.05) is 0 Å². The standard InChI is InChI=1S/C73H128O6/c1-4-7-10-13-16-19-22-25-27-29-30-31-32-33-34-35-36-37-38-39-40-41-42-43-44-45-47-48-51-54-57-60-63-66-72(75)78-69-70(68-77-71(74)65-62-59-56-53-50-24-21-18-15-12-9-6-3)79-73(76)67-64-61-58-55-52-49-46-28-26-23-20-17-14-11-8-5-2/h7,10,16,19-20,23,25,27-28,30-31,33-34,46,70H,4-6,8-9,11-15,17-18,21-22,24,26,29,32,35-45,47-69H2,1-3H3/b10-7-,19-16-,23-20-,27-25-,31-30-,34-33-,46-28-. The lowest BCUT2D eigenvalue weighted by Gasteiger charge is -2.18. The number of carbonyl (C=O) groups is 3. The van der Waals surface area contributed by atoms with Gasteiger partial charge in [-0.15, -0.1) is 0 Å². The molecule has 1 atom stereocenters. The first-order valence-corrected chi connectivity index (χ1v) is 34.1. The molecule has 0 radical (unpaired) electrons. The predicted molar refractivity (Wildman–Crippen MR) is 344 cm³/mol. The molecule has 0 aromatic rings. The number of hydrogen-bond donors (Lipinski definition) is 0. The summed E-state index contributed by atoms with van der Waals surface area (Å²) in [4.78, 5) is 38.3. The lowest BCUT2D eigenvalue weighted by atomic mass is 10.0. The van der Waals surface area contributed by atoms with E-state index in [0.29, 0.717) is 19.3 Å². The summed E-state index contributed by atoms with van der Waals surface area (Å²) in [6.45, 7) is 6.53. The van der Waals surface area contributed by atoms with E-state index < -0.39 is 6.10 Å². The third-order valence-corrected chi connectivity index (χ3v) is 14.9. The van der Waals surface area contributed by atoms with Crippen LogP contribution in [0.4, 0.5) is 0 Å². The van der Waals surface area contributed by atoms with Gasteiger partial charge in [-0.3, -0.25) is 14.4 Å². The molecule has 6 nitrogen and oxygen atoms in total. The van der Waals surface area contributed by atoms with Gasteiger partial charge in [0.1, 0.15) is 13.2 Å². The Hall–Kier alpha value is -3.41. The van der Waals surface area contributed by atoms with Crippen LogP contribution in [0.25, 0.3) is 0 Å². The third kappa shape index (κ3) is 65.3. The molecule has 0 saturated carbocycles. The second kappa shape index (κ2) is 67.1. The number of allylic oxidation sites excluding steroid dienone is 14. The fraction of sp³-hybridized carbons (Fsp3) is 0.767. The first-order valence-electron chi connectivity index (χ1n) is 34.1. The molecule has 0 rings (SSSR count). The van der Waals surface area contributed by atoms with Crippen molar-refractivity contribution in [3.63, 3.8) is 0 Å². The van der Waals surface area contributed by atoms with Gasteiger partial charge in [0, 0.05) is 19.3 Å². The summed E-state index contributed by atoms with van der Waals surface area (Å²) in [5.74, 6) is -0.874. The second-order valence-corrected chi connectivity index (χ2v) is 22.7. The molecule has 0 aromatic heterocycles. The zero-order valence-electron chi connectivity index (χ0n) is 52.4. The Morgan fingerprint density at radius 2 is 0.494 bits per heavy atom. The van der Waals surface area contributed by atoms with Gasteiger partial charge in [0.05, 0.1) is 0 Å². The largest absolute Gasteiger partial charge is 0.462 e. The van der Waals surface area contributed by atoms with Gasteiger partial charge in [-0.25, -0.2) is 0 Å². The van der Waals surface area contributed by atoms with Crippen molar-refractivity contribution in [3.8, 4) is 0 Å². The van der Waals surface area contributed by atoms with E-state index in [2.05, 4.69) is 106 Å². The second-order valence-electron chi connectivity index (χ2n) is 22.7. The van der Waals surface area contributed by atoms with E-state index in [1.54, 1.807) is 0 Å². The highest BCUT2D eigenvalue weighted by molar-refractivity contribution is 5.71. The van der Waals surface area contributed by atoms with E-state index in [0.717, 1.165) is 116 Å². The van der Waals surface area contributed by atoms with Gasteiger partial charge in [-0.1, -0.05) is 311 Å². The van der Waals surface area contributed by atoms with Crippen LogP contribution in [0.2, 0.25) is 0 Å². The molecule has 6 heteroatoms. The lowest BCUT2D eigenvalue weighted by Crippen LogP contribution is -2.30. The lowest BCUT2D eigenvalue weighted by molar-refractivity contribution is -0.167. The molecule has 0 spiro atoms. The van der Waals surface area contributed by atoms with Crippen LogP contribution in [0.1, 0.15) is 342 Å². The average Bonchev–Trinajstić information content (AvgIpc) is 3.45. The van der Waals surface area contributed by atoms with Crippen molar-refractivity contribution < 1.29 is 28.6 Å². The Bertz CT molecular complexity index is 1500. The molecular formula is C73H128O6. The molecule has 0 aliphatic carbocycles.